The Labute approximate surface area is 129 Å². The predicted molar refractivity (Wildman–Crippen MR) is 82.1 cm³/mol. The predicted octanol–water partition coefficient (Wildman–Crippen LogP) is 2.70. The van der Waals surface area contributed by atoms with Gasteiger partial charge >= 0.3 is 5.97 Å². The third-order valence-electron chi connectivity index (χ3n) is 5.64. The molecular weight excluding hydrogens is 278 g/mol. The van der Waals surface area contributed by atoms with Crippen LogP contribution in [0.25, 0.3) is 0 Å². The minimum Gasteiger partial charge on any atom is -0.481 e. The van der Waals surface area contributed by atoms with Gasteiger partial charge < -0.3 is 10.4 Å². The molecule has 0 radical (unpaired) electrons. The maximum atomic E-state index is 12.8. The largest absolute Gasteiger partial charge is 0.481 e. The Balaban J connectivity index is 1.63. The van der Waals surface area contributed by atoms with Gasteiger partial charge in [0.05, 0.1) is 11.8 Å². The SMILES string of the molecule is Cc1ccccc1NC(=O)[C@@H]1[C@H]2C=C[C@@H]([C@@H]3C[C@H]23)[C@H]1C(=O)O. The average Bonchev–Trinajstić information content (AvgIpc) is 3.30. The van der Waals surface area contributed by atoms with E-state index in [0.717, 1.165) is 17.7 Å². The van der Waals surface area contributed by atoms with Crippen molar-refractivity contribution in [2.45, 2.75) is 13.3 Å². The fourth-order valence-corrected chi connectivity index (χ4v) is 4.50. The van der Waals surface area contributed by atoms with E-state index in [1.165, 1.54) is 0 Å². The highest BCUT2D eigenvalue weighted by Gasteiger charge is 2.62. The van der Waals surface area contributed by atoms with Gasteiger partial charge in [-0.15, -0.1) is 0 Å². The van der Waals surface area contributed by atoms with Crippen molar-refractivity contribution in [1.29, 1.82) is 0 Å². The number of allylic oxidation sites excluding steroid dienone is 2. The summed E-state index contributed by atoms with van der Waals surface area (Å²) in [6.07, 6.45) is 5.19. The van der Waals surface area contributed by atoms with Crippen molar-refractivity contribution in [1.82, 2.24) is 0 Å². The molecule has 1 amide bonds. The van der Waals surface area contributed by atoms with E-state index in [1.54, 1.807) is 0 Å². The van der Waals surface area contributed by atoms with E-state index in [2.05, 4.69) is 11.4 Å². The standard InChI is InChI=1S/C18H19NO3/c1-9-4-2-3-5-14(9)19-17(20)15-10-6-7-11(13-8-12(10)13)16(15)18(21)22/h2-7,10-13,15-16H,8H2,1H3,(H,19,20)(H,21,22)/t10-,11-,12+,13-,15+,16+/m0/s1. The first-order chi connectivity index (χ1) is 10.6. The average molecular weight is 297 g/mol. The molecule has 2 fully saturated rings. The number of fused-ring (bicyclic) bond motifs is 1. The zero-order chi connectivity index (χ0) is 15.4. The van der Waals surface area contributed by atoms with Crippen molar-refractivity contribution in [2.24, 2.45) is 35.5 Å². The summed E-state index contributed by atoms with van der Waals surface area (Å²) >= 11 is 0. The van der Waals surface area contributed by atoms with Crippen molar-refractivity contribution in [2.75, 3.05) is 5.32 Å². The number of rotatable bonds is 3. The topological polar surface area (TPSA) is 66.4 Å². The Kier molecular flexibility index (Phi) is 2.90. The van der Waals surface area contributed by atoms with Crippen LogP contribution < -0.4 is 5.32 Å². The molecule has 0 aromatic heterocycles. The highest BCUT2D eigenvalue weighted by Crippen LogP contribution is 2.63. The third-order valence-corrected chi connectivity index (χ3v) is 5.64. The van der Waals surface area contributed by atoms with Crippen LogP contribution in [0, 0.1) is 42.4 Å². The van der Waals surface area contributed by atoms with Crippen LogP contribution in [0.2, 0.25) is 0 Å². The fraction of sp³-hybridized carbons (Fsp3) is 0.444. The number of carbonyl (C=O) groups excluding carboxylic acids is 1. The zero-order valence-electron chi connectivity index (χ0n) is 12.4. The molecule has 2 N–H and O–H groups in total. The number of hydrogen-bond acceptors (Lipinski definition) is 2. The van der Waals surface area contributed by atoms with Gasteiger partial charge in [-0.1, -0.05) is 30.4 Å². The second-order valence-corrected chi connectivity index (χ2v) is 6.80. The highest BCUT2D eigenvalue weighted by molar-refractivity contribution is 5.96. The van der Waals surface area contributed by atoms with E-state index < -0.39 is 17.8 Å². The van der Waals surface area contributed by atoms with Crippen LogP contribution in [-0.4, -0.2) is 17.0 Å². The van der Waals surface area contributed by atoms with E-state index >= 15 is 0 Å². The van der Waals surface area contributed by atoms with Gasteiger partial charge in [-0.2, -0.15) is 0 Å². The van der Waals surface area contributed by atoms with Crippen LogP contribution >= 0.6 is 0 Å². The summed E-state index contributed by atoms with van der Waals surface area (Å²) in [5.41, 5.74) is 1.76. The normalized spacial score (nSPS) is 37.5. The van der Waals surface area contributed by atoms with Crippen LogP contribution in [-0.2, 0) is 9.59 Å². The van der Waals surface area contributed by atoms with Gasteiger partial charge in [0.1, 0.15) is 0 Å². The number of para-hydroxylation sites is 1. The molecule has 4 nitrogen and oxygen atoms in total. The lowest BCUT2D eigenvalue weighted by Crippen LogP contribution is -2.48. The van der Waals surface area contributed by atoms with Gasteiger partial charge in [0.2, 0.25) is 5.91 Å². The van der Waals surface area contributed by atoms with E-state index in [4.69, 9.17) is 0 Å². The molecule has 4 aliphatic carbocycles. The van der Waals surface area contributed by atoms with Crippen LogP contribution in [0.5, 0.6) is 0 Å². The lowest BCUT2D eigenvalue weighted by atomic mass is 9.62. The summed E-state index contributed by atoms with van der Waals surface area (Å²) in [7, 11) is 0. The second-order valence-electron chi connectivity index (χ2n) is 6.80. The Morgan fingerprint density at radius 2 is 1.73 bits per heavy atom. The summed E-state index contributed by atoms with van der Waals surface area (Å²) in [4.78, 5) is 24.5. The Morgan fingerprint density at radius 3 is 2.36 bits per heavy atom. The highest BCUT2D eigenvalue weighted by atomic mass is 16.4. The molecule has 1 aromatic rings. The molecule has 114 valence electrons. The minimum absolute atomic E-state index is 0.0279. The molecule has 0 aliphatic heterocycles. The van der Waals surface area contributed by atoms with Crippen LogP contribution in [0.15, 0.2) is 36.4 Å². The van der Waals surface area contributed by atoms with Crippen molar-refractivity contribution >= 4 is 17.6 Å². The number of aliphatic carboxylic acids is 1. The van der Waals surface area contributed by atoms with Crippen molar-refractivity contribution in [3.8, 4) is 0 Å². The molecule has 0 saturated heterocycles. The van der Waals surface area contributed by atoms with Gasteiger partial charge in [-0.05, 0) is 48.6 Å². The summed E-state index contributed by atoms with van der Waals surface area (Å²) < 4.78 is 0. The maximum Gasteiger partial charge on any atom is 0.307 e. The van der Waals surface area contributed by atoms with E-state index in [0.29, 0.717) is 11.8 Å². The summed E-state index contributed by atoms with van der Waals surface area (Å²) in [6, 6.07) is 7.60. The summed E-state index contributed by atoms with van der Waals surface area (Å²) in [5, 5.41) is 12.6. The van der Waals surface area contributed by atoms with Crippen LogP contribution in [0.3, 0.4) is 0 Å². The molecule has 2 bridgehead atoms. The molecule has 4 heteroatoms. The maximum absolute atomic E-state index is 12.8. The number of benzene rings is 1. The Morgan fingerprint density at radius 1 is 1.09 bits per heavy atom. The van der Waals surface area contributed by atoms with Gasteiger partial charge in [-0.25, -0.2) is 0 Å². The van der Waals surface area contributed by atoms with Crippen molar-refractivity contribution < 1.29 is 14.7 Å². The number of nitrogens with one attached hydrogen (secondary N) is 1. The number of hydrogen-bond donors (Lipinski definition) is 2. The number of carbonyl (C=O) groups is 2. The van der Waals surface area contributed by atoms with Gasteiger partial charge in [0.25, 0.3) is 0 Å². The molecule has 0 spiro atoms. The lowest BCUT2D eigenvalue weighted by Gasteiger charge is -2.41. The third kappa shape index (κ3) is 1.90. The number of carboxylic acids is 1. The zero-order valence-corrected chi connectivity index (χ0v) is 12.4. The van der Waals surface area contributed by atoms with Crippen molar-refractivity contribution in [3.63, 3.8) is 0 Å². The van der Waals surface area contributed by atoms with Gasteiger partial charge in [-0.3, -0.25) is 9.59 Å². The van der Waals surface area contributed by atoms with Gasteiger partial charge in [0.15, 0.2) is 0 Å². The first-order valence-electron chi connectivity index (χ1n) is 7.85. The second kappa shape index (κ2) is 4.70. The number of carboxylic acid groups (broad SMARTS) is 1. The van der Waals surface area contributed by atoms with Gasteiger partial charge in [0, 0.05) is 5.69 Å². The number of anilines is 1. The van der Waals surface area contributed by atoms with Crippen LogP contribution in [0.1, 0.15) is 12.0 Å². The van der Waals surface area contributed by atoms with Crippen molar-refractivity contribution in [3.05, 3.63) is 42.0 Å². The summed E-state index contributed by atoms with van der Waals surface area (Å²) in [6.45, 7) is 1.94. The van der Waals surface area contributed by atoms with E-state index in [-0.39, 0.29) is 17.7 Å². The number of amides is 1. The molecule has 1 aromatic carbocycles. The minimum atomic E-state index is -0.838. The molecule has 4 aliphatic rings. The van der Waals surface area contributed by atoms with E-state index in [1.807, 2.05) is 37.3 Å². The molecule has 5 rings (SSSR count). The Hall–Kier alpha value is -2.10. The first-order valence-corrected chi connectivity index (χ1v) is 7.85. The smallest absolute Gasteiger partial charge is 0.307 e. The molecule has 2 saturated carbocycles. The molecule has 22 heavy (non-hydrogen) atoms. The summed E-state index contributed by atoms with van der Waals surface area (Å²) in [5.74, 6) is -0.906. The molecular formula is C18H19NO3. The molecule has 0 heterocycles. The quantitative estimate of drug-likeness (QED) is 0.843. The van der Waals surface area contributed by atoms with E-state index in [9.17, 15) is 14.7 Å². The number of aryl methyl sites for hydroxylation is 1. The van der Waals surface area contributed by atoms with Crippen LogP contribution in [0.4, 0.5) is 5.69 Å². The molecule has 6 atom stereocenters. The molecule has 0 unspecified atom stereocenters. The monoisotopic (exact) mass is 297 g/mol. The Bertz CT molecular complexity index is 681. The first kappa shape index (κ1) is 13.6. The lowest BCUT2D eigenvalue weighted by molar-refractivity contribution is -0.152. The fourth-order valence-electron chi connectivity index (χ4n) is 4.50.